The Bertz CT molecular complexity index is 692. The minimum atomic E-state index is -0.366. The fraction of sp³-hybridized carbons (Fsp3) is 0.316. The number of carbonyl (C=O) groups excluding carboxylic acids is 1. The van der Waals surface area contributed by atoms with Gasteiger partial charge in [-0.15, -0.1) is 0 Å². The lowest BCUT2D eigenvalue weighted by atomic mass is 9.86. The first-order valence-corrected chi connectivity index (χ1v) is 7.13. The molecule has 110 valence electrons. The molecule has 0 aliphatic carbocycles. The number of rotatable bonds is 2. The molecule has 0 N–H and O–H groups in total. The lowest BCUT2D eigenvalue weighted by Gasteiger charge is -2.18. The van der Waals surface area contributed by atoms with Crippen LogP contribution in [0.25, 0.3) is 0 Å². The fourth-order valence-corrected chi connectivity index (χ4v) is 2.85. The van der Waals surface area contributed by atoms with Gasteiger partial charge in [0.15, 0.2) is 5.78 Å². The molecule has 0 radical (unpaired) electrons. The fourth-order valence-electron chi connectivity index (χ4n) is 2.85. The monoisotopic (exact) mass is 284 g/mol. The molecule has 0 fully saturated rings. The smallest absolute Gasteiger partial charge is 0.193 e. The summed E-state index contributed by atoms with van der Waals surface area (Å²) in [5.74, 6) is -0.465. The van der Waals surface area contributed by atoms with Crippen LogP contribution in [0.2, 0.25) is 0 Å². The molecule has 0 aromatic heterocycles. The molecule has 0 bridgehead atoms. The second-order valence-corrected chi connectivity index (χ2v) is 5.85. The molecule has 0 amide bonds. The third kappa shape index (κ3) is 2.63. The number of aryl methyl sites for hydroxylation is 1. The first kappa shape index (κ1) is 15.4. The number of benzene rings is 2. The lowest BCUT2D eigenvalue weighted by Crippen LogP contribution is -2.11. The van der Waals surface area contributed by atoms with E-state index in [2.05, 4.69) is 6.92 Å². The van der Waals surface area contributed by atoms with Crippen LogP contribution >= 0.6 is 0 Å². The third-order valence-corrected chi connectivity index (χ3v) is 4.53. The number of halogens is 1. The van der Waals surface area contributed by atoms with E-state index in [4.69, 9.17) is 0 Å². The van der Waals surface area contributed by atoms with Crippen LogP contribution in [0.3, 0.4) is 0 Å². The average molecular weight is 284 g/mol. The molecule has 0 unspecified atom stereocenters. The highest BCUT2D eigenvalue weighted by atomic mass is 19.1. The van der Waals surface area contributed by atoms with Crippen molar-refractivity contribution in [1.29, 1.82) is 0 Å². The third-order valence-electron chi connectivity index (χ3n) is 4.53. The summed E-state index contributed by atoms with van der Waals surface area (Å²) in [4.78, 5) is 12.8. The lowest BCUT2D eigenvalue weighted by molar-refractivity contribution is 0.103. The first-order valence-electron chi connectivity index (χ1n) is 7.13. The van der Waals surface area contributed by atoms with E-state index in [9.17, 15) is 9.18 Å². The van der Waals surface area contributed by atoms with Crippen LogP contribution in [0, 0.1) is 47.4 Å². The quantitative estimate of drug-likeness (QED) is 0.716. The average Bonchev–Trinajstić information content (AvgIpc) is 2.42. The van der Waals surface area contributed by atoms with E-state index in [-0.39, 0.29) is 11.6 Å². The van der Waals surface area contributed by atoms with Gasteiger partial charge in [0.2, 0.25) is 0 Å². The van der Waals surface area contributed by atoms with Crippen molar-refractivity contribution in [1.82, 2.24) is 0 Å². The van der Waals surface area contributed by atoms with Crippen molar-refractivity contribution < 1.29 is 9.18 Å². The van der Waals surface area contributed by atoms with Gasteiger partial charge in [-0.2, -0.15) is 0 Å². The zero-order chi connectivity index (χ0) is 15.9. The highest BCUT2D eigenvalue weighted by Gasteiger charge is 2.20. The van der Waals surface area contributed by atoms with Crippen LogP contribution in [0.15, 0.2) is 18.2 Å². The molecule has 1 nitrogen and oxygen atoms in total. The summed E-state index contributed by atoms with van der Waals surface area (Å²) in [6, 6.07) is 4.50. The van der Waals surface area contributed by atoms with Gasteiger partial charge in [0.05, 0.1) is 0 Å². The Labute approximate surface area is 125 Å². The number of carbonyl (C=O) groups is 1. The zero-order valence-electron chi connectivity index (χ0n) is 13.5. The Balaban J connectivity index is 2.69. The summed E-state index contributed by atoms with van der Waals surface area (Å²) in [5, 5.41) is 0. The van der Waals surface area contributed by atoms with Gasteiger partial charge in [0.25, 0.3) is 0 Å². The van der Waals surface area contributed by atoms with Gasteiger partial charge in [-0.3, -0.25) is 4.79 Å². The van der Waals surface area contributed by atoms with Crippen LogP contribution in [0.4, 0.5) is 4.39 Å². The first-order chi connectivity index (χ1) is 9.73. The Morgan fingerprint density at radius 2 is 1.24 bits per heavy atom. The summed E-state index contributed by atoms with van der Waals surface area (Å²) in [7, 11) is 0. The molecule has 0 saturated heterocycles. The minimum Gasteiger partial charge on any atom is -0.289 e. The Morgan fingerprint density at radius 3 is 1.71 bits per heavy atom. The molecule has 21 heavy (non-hydrogen) atoms. The predicted molar refractivity (Wildman–Crippen MR) is 84.7 cm³/mol. The summed E-state index contributed by atoms with van der Waals surface area (Å²) >= 11 is 0. The number of hydrogen-bond acceptors (Lipinski definition) is 1. The maximum absolute atomic E-state index is 13.6. The molecule has 2 heteroatoms. The van der Waals surface area contributed by atoms with Crippen LogP contribution < -0.4 is 0 Å². The van der Waals surface area contributed by atoms with Gasteiger partial charge in [0, 0.05) is 11.1 Å². The van der Waals surface area contributed by atoms with Crippen molar-refractivity contribution in [2.75, 3.05) is 0 Å². The van der Waals surface area contributed by atoms with E-state index in [0.717, 1.165) is 27.8 Å². The van der Waals surface area contributed by atoms with Crippen LogP contribution in [0.5, 0.6) is 0 Å². The van der Waals surface area contributed by atoms with Crippen molar-refractivity contribution in [3.8, 4) is 0 Å². The summed E-state index contributed by atoms with van der Waals surface area (Å²) in [6.07, 6.45) is 0. The molecule has 2 aromatic carbocycles. The molecule has 0 aliphatic rings. The molecule has 0 heterocycles. The predicted octanol–water partition coefficient (Wildman–Crippen LogP) is 4.91. The standard InChI is InChI=1S/C19H21FO/c1-10-7-16(9-17(20)8-10)19(21)18-14(5)12(3)11(2)13(4)15(18)6/h7-9H,1-6H3. The van der Waals surface area contributed by atoms with Gasteiger partial charge < -0.3 is 0 Å². The van der Waals surface area contributed by atoms with Crippen LogP contribution in [0.1, 0.15) is 49.3 Å². The van der Waals surface area contributed by atoms with Crippen LogP contribution in [-0.2, 0) is 0 Å². The summed E-state index contributed by atoms with van der Waals surface area (Å²) in [6.45, 7) is 11.9. The normalized spacial score (nSPS) is 10.8. The Hall–Kier alpha value is -1.96. The maximum Gasteiger partial charge on any atom is 0.193 e. The van der Waals surface area contributed by atoms with Gasteiger partial charge >= 0.3 is 0 Å². The zero-order valence-corrected chi connectivity index (χ0v) is 13.5. The largest absolute Gasteiger partial charge is 0.289 e. The summed E-state index contributed by atoms with van der Waals surface area (Å²) in [5.41, 5.74) is 7.35. The van der Waals surface area contributed by atoms with Gasteiger partial charge in [-0.25, -0.2) is 4.39 Å². The van der Waals surface area contributed by atoms with E-state index in [0.29, 0.717) is 11.1 Å². The number of hydrogen-bond donors (Lipinski definition) is 0. The van der Waals surface area contributed by atoms with Crippen molar-refractivity contribution in [2.45, 2.75) is 41.5 Å². The molecular formula is C19H21FO. The molecule has 0 spiro atoms. The molecular weight excluding hydrogens is 263 g/mol. The Morgan fingerprint density at radius 1 is 0.762 bits per heavy atom. The van der Waals surface area contributed by atoms with Crippen molar-refractivity contribution >= 4 is 5.78 Å². The van der Waals surface area contributed by atoms with E-state index < -0.39 is 0 Å². The highest BCUT2D eigenvalue weighted by Crippen LogP contribution is 2.28. The van der Waals surface area contributed by atoms with Crippen LogP contribution in [-0.4, -0.2) is 5.78 Å². The van der Waals surface area contributed by atoms with Crippen molar-refractivity contribution in [3.63, 3.8) is 0 Å². The Kier molecular flexibility index (Phi) is 3.99. The highest BCUT2D eigenvalue weighted by molar-refractivity contribution is 6.11. The van der Waals surface area contributed by atoms with Crippen molar-refractivity contribution in [2.24, 2.45) is 0 Å². The second kappa shape index (κ2) is 5.44. The molecule has 0 aliphatic heterocycles. The minimum absolute atomic E-state index is 0.0983. The molecule has 0 saturated carbocycles. The molecule has 2 aromatic rings. The van der Waals surface area contributed by atoms with E-state index >= 15 is 0 Å². The SMILES string of the molecule is Cc1cc(F)cc(C(=O)c2c(C)c(C)c(C)c(C)c2C)c1. The van der Waals surface area contributed by atoms with E-state index in [1.54, 1.807) is 13.0 Å². The molecule has 2 rings (SSSR count). The molecule has 0 atom stereocenters. The number of ketones is 1. The van der Waals surface area contributed by atoms with Gasteiger partial charge in [-0.05, 0) is 93.1 Å². The maximum atomic E-state index is 13.6. The van der Waals surface area contributed by atoms with E-state index in [1.165, 1.54) is 17.7 Å². The topological polar surface area (TPSA) is 17.1 Å². The van der Waals surface area contributed by atoms with Gasteiger partial charge in [-0.1, -0.05) is 0 Å². The van der Waals surface area contributed by atoms with Gasteiger partial charge in [0.1, 0.15) is 5.82 Å². The van der Waals surface area contributed by atoms with E-state index in [1.807, 2.05) is 27.7 Å². The second-order valence-electron chi connectivity index (χ2n) is 5.85. The van der Waals surface area contributed by atoms with Crippen molar-refractivity contribution in [3.05, 3.63) is 68.5 Å². The summed E-state index contributed by atoms with van der Waals surface area (Å²) < 4.78 is 13.6.